The second-order valence-electron chi connectivity index (χ2n) is 5.31. The molecule has 2 atom stereocenters. The van der Waals surface area contributed by atoms with Gasteiger partial charge in [-0.15, -0.1) is 0 Å². The first-order valence-corrected chi connectivity index (χ1v) is 8.66. The van der Waals surface area contributed by atoms with E-state index in [-0.39, 0.29) is 17.1 Å². The summed E-state index contributed by atoms with van der Waals surface area (Å²) in [5.41, 5.74) is -0.356. The number of hydrogen-bond acceptors (Lipinski definition) is 5. The molecule has 0 unspecified atom stereocenters. The Morgan fingerprint density at radius 3 is 2.39 bits per heavy atom. The maximum absolute atomic E-state index is 13.0. The van der Waals surface area contributed by atoms with Crippen molar-refractivity contribution in [2.24, 2.45) is 0 Å². The fraction of sp³-hybridized carbons (Fsp3) is 0.429. The van der Waals surface area contributed by atoms with Crippen molar-refractivity contribution in [1.82, 2.24) is 5.32 Å². The number of carbonyl (C=O) groups excluding carboxylic acids is 2. The van der Waals surface area contributed by atoms with Crippen molar-refractivity contribution in [3.8, 4) is 0 Å². The van der Waals surface area contributed by atoms with E-state index in [1.807, 2.05) is 0 Å². The van der Waals surface area contributed by atoms with E-state index in [4.69, 9.17) is 4.74 Å². The van der Waals surface area contributed by atoms with Crippen molar-refractivity contribution in [1.29, 1.82) is 0 Å². The lowest BCUT2D eigenvalue weighted by Crippen LogP contribution is -2.42. The summed E-state index contributed by atoms with van der Waals surface area (Å²) in [7, 11) is -3.15. The molecule has 0 radical (unpaired) electrons. The minimum absolute atomic E-state index is 0.00527. The van der Waals surface area contributed by atoms with Gasteiger partial charge in [-0.25, -0.2) is 22.0 Å². The van der Waals surface area contributed by atoms with Gasteiger partial charge in [0, 0.05) is 12.1 Å². The van der Waals surface area contributed by atoms with Crippen LogP contribution in [-0.4, -0.2) is 43.9 Å². The smallest absolute Gasteiger partial charge is 0.339 e. The largest absolute Gasteiger partial charge is 0.449 e. The van der Waals surface area contributed by atoms with E-state index in [1.54, 1.807) is 0 Å². The van der Waals surface area contributed by atoms with Gasteiger partial charge in [-0.1, -0.05) is 0 Å². The van der Waals surface area contributed by atoms with Crippen LogP contribution in [-0.2, 0) is 19.4 Å². The molecule has 2 rings (SSSR count). The molecule has 0 bridgehead atoms. The van der Waals surface area contributed by atoms with Crippen LogP contribution in [0.2, 0.25) is 0 Å². The van der Waals surface area contributed by atoms with E-state index >= 15 is 0 Å². The molecule has 126 valence electrons. The van der Waals surface area contributed by atoms with Crippen LogP contribution in [0.15, 0.2) is 18.2 Å². The Kier molecular flexibility index (Phi) is 4.98. The lowest BCUT2D eigenvalue weighted by atomic mass is 10.2. The van der Waals surface area contributed by atoms with Crippen molar-refractivity contribution in [2.75, 3.05) is 11.5 Å². The van der Waals surface area contributed by atoms with E-state index < -0.39 is 45.5 Å². The molecule has 1 aromatic carbocycles. The van der Waals surface area contributed by atoms with Crippen LogP contribution in [0.3, 0.4) is 0 Å². The predicted octanol–water partition coefficient (Wildman–Crippen LogP) is 0.813. The molecular formula is C14H15F2NO5S. The third kappa shape index (κ3) is 4.72. The Morgan fingerprint density at radius 1 is 1.26 bits per heavy atom. The molecule has 23 heavy (non-hydrogen) atoms. The highest BCUT2D eigenvalue weighted by Crippen LogP contribution is 2.13. The first kappa shape index (κ1) is 17.3. The normalized spacial score (nSPS) is 20.7. The van der Waals surface area contributed by atoms with E-state index in [1.165, 1.54) is 6.92 Å². The van der Waals surface area contributed by atoms with Gasteiger partial charge in [0.05, 0.1) is 17.1 Å². The molecular weight excluding hydrogens is 332 g/mol. The summed E-state index contributed by atoms with van der Waals surface area (Å²) < 4.78 is 53.5. The van der Waals surface area contributed by atoms with Gasteiger partial charge in [-0.05, 0) is 25.5 Å². The summed E-state index contributed by atoms with van der Waals surface area (Å²) in [5, 5.41) is 2.47. The molecule has 0 aliphatic carbocycles. The number of amides is 1. The summed E-state index contributed by atoms with van der Waals surface area (Å²) >= 11 is 0. The van der Waals surface area contributed by atoms with Gasteiger partial charge in [0.25, 0.3) is 5.91 Å². The second-order valence-corrected chi connectivity index (χ2v) is 7.54. The standard InChI is InChI=1S/C14H15F2NO5S/c1-8(13(18)17-12-2-3-23(20,21)7-12)22-14(19)9-4-10(15)6-11(16)5-9/h4-6,8,12H,2-3,7H2,1H3,(H,17,18)/t8-,12-/m1/s1. The predicted molar refractivity (Wildman–Crippen MR) is 76.4 cm³/mol. The van der Waals surface area contributed by atoms with Crippen molar-refractivity contribution in [2.45, 2.75) is 25.5 Å². The van der Waals surface area contributed by atoms with Crippen molar-refractivity contribution < 1.29 is 31.5 Å². The van der Waals surface area contributed by atoms with Crippen molar-refractivity contribution >= 4 is 21.7 Å². The molecule has 1 amide bonds. The zero-order chi connectivity index (χ0) is 17.2. The molecule has 1 aliphatic rings. The van der Waals surface area contributed by atoms with Gasteiger partial charge in [0.15, 0.2) is 15.9 Å². The molecule has 0 spiro atoms. The number of rotatable bonds is 4. The molecule has 1 aliphatic heterocycles. The molecule has 1 aromatic rings. The minimum atomic E-state index is -3.15. The number of halogens is 2. The number of esters is 1. The number of hydrogen-bond donors (Lipinski definition) is 1. The molecule has 0 saturated carbocycles. The fourth-order valence-corrected chi connectivity index (χ4v) is 3.85. The number of benzene rings is 1. The Balaban J connectivity index is 1.94. The summed E-state index contributed by atoms with van der Waals surface area (Å²) in [6, 6.07) is 1.66. The minimum Gasteiger partial charge on any atom is -0.449 e. The van der Waals surface area contributed by atoms with Crippen LogP contribution in [0.25, 0.3) is 0 Å². The quantitative estimate of drug-likeness (QED) is 0.815. The summed E-state index contributed by atoms with van der Waals surface area (Å²) in [5.74, 6) is -3.76. The van der Waals surface area contributed by atoms with Crippen LogP contribution in [0.1, 0.15) is 23.7 Å². The number of ether oxygens (including phenoxy) is 1. The molecule has 1 N–H and O–H groups in total. The van der Waals surface area contributed by atoms with E-state index in [9.17, 15) is 26.8 Å². The van der Waals surface area contributed by atoms with E-state index in [2.05, 4.69) is 5.32 Å². The van der Waals surface area contributed by atoms with Gasteiger partial charge in [0.1, 0.15) is 11.6 Å². The second kappa shape index (κ2) is 6.61. The molecule has 6 nitrogen and oxygen atoms in total. The van der Waals surface area contributed by atoms with Crippen LogP contribution in [0, 0.1) is 11.6 Å². The summed E-state index contributed by atoms with van der Waals surface area (Å²) in [4.78, 5) is 23.7. The van der Waals surface area contributed by atoms with E-state index in [0.717, 1.165) is 12.1 Å². The van der Waals surface area contributed by atoms with E-state index in [0.29, 0.717) is 12.5 Å². The average Bonchev–Trinajstić information content (AvgIpc) is 2.76. The number of sulfone groups is 1. The Labute approximate surface area is 131 Å². The lowest BCUT2D eigenvalue weighted by molar-refractivity contribution is -0.129. The average molecular weight is 347 g/mol. The highest BCUT2D eigenvalue weighted by Gasteiger charge is 2.30. The third-order valence-corrected chi connectivity index (χ3v) is 5.10. The van der Waals surface area contributed by atoms with Gasteiger partial charge in [-0.2, -0.15) is 0 Å². The zero-order valence-electron chi connectivity index (χ0n) is 12.2. The SMILES string of the molecule is C[C@@H](OC(=O)c1cc(F)cc(F)c1)C(=O)N[C@@H]1CCS(=O)(=O)C1. The maximum atomic E-state index is 13.0. The Hall–Kier alpha value is -2.03. The first-order chi connectivity index (χ1) is 10.7. The number of carbonyl (C=O) groups is 2. The van der Waals surface area contributed by atoms with Gasteiger partial charge in [-0.3, -0.25) is 4.79 Å². The Bertz CT molecular complexity index is 714. The Morgan fingerprint density at radius 2 is 1.87 bits per heavy atom. The highest BCUT2D eigenvalue weighted by atomic mass is 32.2. The highest BCUT2D eigenvalue weighted by molar-refractivity contribution is 7.91. The van der Waals surface area contributed by atoms with Crippen molar-refractivity contribution in [3.05, 3.63) is 35.4 Å². The van der Waals surface area contributed by atoms with Gasteiger partial charge >= 0.3 is 5.97 Å². The molecule has 0 aromatic heterocycles. The maximum Gasteiger partial charge on any atom is 0.339 e. The third-order valence-electron chi connectivity index (χ3n) is 3.33. The molecule has 1 heterocycles. The van der Waals surface area contributed by atoms with Crippen LogP contribution in [0.5, 0.6) is 0 Å². The zero-order valence-corrected chi connectivity index (χ0v) is 13.0. The lowest BCUT2D eigenvalue weighted by Gasteiger charge is -2.16. The molecule has 1 fully saturated rings. The van der Waals surface area contributed by atoms with Crippen LogP contribution < -0.4 is 5.32 Å². The fourth-order valence-electron chi connectivity index (χ4n) is 2.18. The van der Waals surface area contributed by atoms with Gasteiger partial charge < -0.3 is 10.1 Å². The molecule has 9 heteroatoms. The first-order valence-electron chi connectivity index (χ1n) is 6.84. The van der Waals surface area contributed by atoms with Crippen molar-refractivity contribution in [3.63, 3.8) is 0 Å². The number of nitrogens with one attached hydrogen (secondary N) is 1. The molecule has 1 saturated heterocycles. The van der Waals surface area contributed by atoms with Crippen LogP contribution in [0.4, 0.5) is 8.78 Å². The summed E-state index contributed by atoms with van der Waals surface area (Å²) in [6.45, 7) is 1.28. The van der Waals surface area contributed by atoms with Crippen LogP contribution >= 0.6 is 0 Å². The topological polar surface area (TPSA) is 89.5 Å². The monoisotopic (exact) mass is 347 g/mol. The van der Waals surface area contributed by atoms with Gasteiger partial charge in [0.2, 0.25) is 0 Å². The summed E-state index contributed by atoms with van der Waals surface area (Å²) in [6.07, 6.45) is -0.929.